The summed E-state index contributed by atoms with van der Waals surface area (Å²) in [5.41, 5.74) is 0.958. The second-order valence-electron chi connectivity index (χ2n) is 15.8. The quantitative estimate of drug-likeness (QED) is 0.0952. The topological polar surface area (TPSA) is 185 Å². The predicted molar refractivity (Wildman–Crippen MR) is 217 cm³/mol. The Hall–Kier alpha value is -5.34. The molecule has 0 saturated carbocycles. The average Bonchev–Trinajstić information content (AvgIpc) is 3.15. The van der Waals surface area contributed by atoms with E-state index in [0.717, 1.165) is 11.1 Å². The standard InChI is InChI=1S/C42H64N6O9/c1-29(2)26-34(45-37(50)35(30(3)4)46-40(53)56-28-32-20-14-11-15-21-32)36(49)44-33(38(51)47(8)24-25-48(9)41(54)57-42(5,6)7)22-16-17-23-43-39(52)55-27-31-18-12-10-13-19-31/h10-15,18-21,29-30,33-35H,16-17,22-28H2,1-9H3,(H,43,52)(H,44,49)(H,45,50)(H,46,53)/t33-,34-,35+/m0/s1. The number of hydrogen-bond acceptors (Lipinski definition) is 9. The number of benzene rings is 2. The highest BCUT2D eigenvalue weighted by atomic mass is 16.6. The summed E-state index contributed by atoms with van der Waals surface area (Å²) in [6.07, 6.45) is -0.459. The normalized spacial score (nSPS) is 12.8. The number of carbonyl (C=O) groups is 6. The Morgan fingerprint density at radius 3 is 1.72 bits per heavy atom. The molecule has 3 atom stereocenters. The molecule has 0 spiro atoms. The maximum Gasteiger partial charge on any atom is 0.410 e. The van der Waals surface area contributed by atoms with Gasteiger partial charge in [-0.25, -0.2) is 14.4 Å². The van der Waals surface area contributed by atoms with Crippen LogP contribution in [-0.2, 0) is 41.8 Å². The van der Waals surface area contributed by atoms with Crippen molar-refractivity contribution in [2.24, 2.45) is 11.8 Å². The van der Waals surface area contributed by atoms with Crippen molar-refractivity contribution in [2.45, 2.75) is 111 Å². The summed E-state index contributed by atoms with van der Waals surface area (Å²) in [6.45, 7) is 13.4. The molecule has 0 aliphatic heterocycles. The van der Waals surface area contributed by atoms with Crippen LogP contribution in [0.3, 0.4) is 0 Å². The number of ether oxygens (including phenoxy) is 3. The van der Waals surface area contributed by atoms with Gasteiger partial charge in [0, 0.05) is 33.7 Å². The fourth-order valence-corrected chi connectivity index (χ4v) is 5.47. The Balaban J connectivity index is 2.12. The average molecular weight is 797 g/mol. The van der Waals surface area contributed by atoms with Gasteiger partial charge >= 0.3 is 18.3 Å². The second kappa shape index (κ2) is 24.3. The van der Waals surface area contributed by atoms with Crippen LogP contribution in [0, 0.1) is 11.8 Å². The number of carbonyl (C=O) groups excluding carboxylic acids is 6. The zero-order valence-electron chi connectivity index (χ0n) is 35.1. The molecule has 0 bridgehead atoms. The summed E-state index contributed by atoms with van der Waals surface area (Å²) in [6, 6.07) is 15.4. The van der Waals surface area contributed by atoms with Gasteiger partial charge in [-0.1, -0.05) is 88.4 Å². The van der Waals surface area contributed by atoms with Crippen molar-refractivity contribution in [1.82, 2.24) is 31.1 Å². The van der Waals surface area contributed by atoms with Crippen molar-refractivity contribution < 1.29 is 43.0 Å². The van der Waals surface area contributed by atoms with Crippen LogP contribution in [0.4, 0.5) is 14.4 Å². The van der Waals surface area contributed by atoms with E-state index in [-0.39, 0.29) is 57.5 Å². The summed E-state index contributed by atoms with van der Waals surface area (Å²) in [5.74, 6) is -1.89. The third kappa shape index (κ3) is 19.4. The number of likely N-dealkylation sites (N-methyl/N-ethyl adjacent to an activating group) is 2. The zero-order chi connectivity index (χ0) is 42.5. The fourth-order valence-electron chi connectivity index (χ4n) is 5.47. The van der Waals surface area contributed by atoms with Gasteiger partial charge in [-0.15, -0.1) is 0 Å². The molecule has 0 unspecified atom stereocenters. The summed E-state index contributed by atoms with van der Waals surface area (Å²) >= 11 is 0. The molecule has 2 aromatic carbocycles. The highest BCUT2D eigenvalue weighted by Crippen LogP contribution is 2.13. The molecule has 0 aliphatic rings. The number of amides is 6. The summed E-state index contributed by atoms with van der Waals surface area (Å²) < 4.78 is 16.0. The molecule has 0 aliphatic carbocycles. The first kappa shape index (κ1) is 47.8. The van der Waals surface area contributed by atoms with Crippen molar-refractivity contribution >= 4 is 36.0 Å². The van der Waals surface area contributed by atoms with Gasteiger partial charge in [0.1, 0.15) is 36.9 Å². The summed E-state index contributed by atoms with van der Waals surface area (Å²) in [5, 5.41) is 11.0. The Kier molecular flexibility index (Phi) is 20.4. The summed E-state index contributed by atoms with van der Waals surface area (Å²) in [4.78, 5) is 81.7. The minimum atomic E-state index is -1.03. The summed E-state index contributed by atoms with van der Waals surface area (Å²) in [7, 11) is 3.16. The van der Waals surface area contributed by atoms with Gasteiger partial charge < -0.3 is 45.3 Å². The molecule has 0 saturated heterocycles. The number of nitrogens with zero attached hydrogens (tertiary/aromatic N) is 2. The lowest BCUT2D eigenvalue weighted by Gasteiger charge is -2.30. The van der Waals surface area contributed by atoms with E-state index in [1.807, 2.05) is 74.5 Å². The van der Waals surface area contributed by atoms with Gasteiger partial charge in [0.25, 0.3) is 0 Å². The molecular formula is C42H64N6O9. The Morgan fingerprint density at radius 1 is 0.667 bits per heavy atom. The smallest absolute Gasteiger partial charge is 0.410 e. The van der Waals surface area contributed by atoms with E-state index >= 15 is 0 Å². The Labute approximate surface area is 337 Å². The first-order valence-electron chi connectivity index (χ1n) is 19.6. The van der Waals surface area contributed by atoms with Crippen molar-refractivity contribution in [2.75, 3.05) is 33.7 Å². The molecule has 0 fully saturated rings. The maximum absolute atomic E-state index is 13.9. The van der Waals surface area contributed by atoms with E-state index in [1.54, 1.807) is 48.7 Å². The van der Waals surface area contributed by atoms with Gasteiger partial charge in [-0.3, -0.25) is 14.4 Å². The third-order valence-electron chi connectivity index (χ3n) is 8.64. The molecule has 4 N–H and O–H groups in total. The van der Waals surface area contributed by atoms with Gasteiger partial charge in [0.15, 0.2) is 0 Å². The van der Waals surface area contributed by atoms with Crippen molar-refractivity contribution in [3.05, 3.63) is 71.8 Å². The van der Waals surface area contributed by atoms with Crippen LogP contribution in [0.5, 0.6) is 0 Å². The van der Waals surface area contributed by atoms with Crippen LogP contribution in [0.1, 0.15) is 85.3 Å². The molecule has 0 radical (unpaired) electrons. The van der Waals surface area contributed by atoms with Gasteiger partial charge in [-0.2, -0.15) is 0 Å². The van der Waals surface area contributed by atoms with Crippen LogP contribution in [0.25, 0.3) is 0 Å². The van der Waals surface area contributed by atoms with Crippen LogP contribution >= 0.6 is 0 Å². The SMILES string of the molecule is CC(C)C[C@H](NC(=O)[C@H](NC(=O)OCc1ccccc1)C(C)C)C(=O)N[C@@H](CCCCNC(=O)OCc1ccccc1)C(=O)N(C)CCN(C)C(=O)OC(C)(C)C. The minimum Gasteiger partial charge on any atom is -0.445 e. The molecule has 0 heterocycles. The molecule has 316 valence electrons. The molecule has 57 heavy (non-hydrogen) atoms. The van der Waals surface area contributed by atoms with Crippen molar-refractivity contribution in [3.63, 3.8) is 0 Å². The van der Waals surface area contributed by atoms with Gasteiger partial charge in [0.2, 0.25) is 17.7 Å². The largest absolute Gasteiger partial charge is 0.445 e. The molecule has 15 heteroatoms. The molecule has 2 rings (SSSR count). The predicted octanol–water partition coefficient (Wildman–Crippen LogP) is 5.38. The molecule has 2 aromatic rings. The monoisotopic (exact) mass is 796 g/mol. The Bertz CT molecular complexity index is 1570. The number of unbranched alkanes of at least 4 members (excludes halogenated alkanes) is 1. The van der Waals surface area contributed by atoms with E-state index in [9.17, 15) is 28.8 Å². The first-order valence-corrected chi connectivity index (χ1v) is 19.6. The van der Waals surface area contributed by atoms with E-state index in [2.05, 4.69) is 21.3 Å². The number of hydrogen-bond donors (Lipinski definition) is 4. The molecule has 6 amide bonds. The minimum absolute atomic E-state index is 0.0183. The van der Waals surface area contributed by atoms with E-state index in [0.29, 0.717) is 12.8 Å². The number of alkyl carbamates (subject to hydrolysis) is 2. The Morgan fingerprint density at radius 2 is 1.19 bits per heavy atom. The van der Waals surface area contributed by atoms with Crippen molar-refractivity contribution in [1.29, 1.82) is 0 Å². The van der Waals surface area contributed by atoms with Crippen LogP contribution in [0.15, 0.2) is 60.7 Å². The first-order chi connectivity index (χ1) is 26.9. The lowest BCUT2D eigenvalue weighted by molar-refractivity contribution is -0.137. The lowest BCUT2D eigenvalue weighted by atomic mass is 9.99. The van der Waals surface area contributed by atoms with Crippen LogP contribution in [0.2, 0.25) is 0 Å². The highest BCUT2D eigenvalue weighted by molar-refractivity contribution is 5.94. The van der Waals surface area contributed by atoms with Crippen LogP contribution in [-0.4, -0.2) is 103 Å². The van der Waals surface area contributed by atoms with Gasteiger partial charge in [-0.05, 0) is 69.4 Å². The molecular weight excluding hydrogens is 732 g/mol. The second-order valence-corrected chi connectivity index (χ2v) is 15.8. The van der Waals surface area contributed by atoms with Gasteiger partial charge in [0.05, 0.1) is 0 Å². The van der Waals surface area contributed by atoms with E-state index < -0.39 is 59.7 Å². The molecule has 0 aromatic heterocycles. The lowest BCUT2D eigenvalue weighted by Crippen LogP contribution is -2.58. The highest BCUT2D eigenvalue weighted by Gasteiger charge is 2.32. The number of rotatable bonds is 21. The third-order valence-corrected chi connectivity index (χ3v) is 8.64. The fraction of sp³-hybridized carbons (Fsp3) is 0.571. The maximum atomic E-state index is 13.9. The number of nitrogens with one attached hydrogen (secondary N) is 4. The van der Waals surface area contributed by atoms with Crippen LogP contribution < -0.4 is 21.3 Å². The zero-order valence-corrected chi connectivity index (χ0v) is 35.1. The van der Waals surface area contributed by atoms with E-state index in [4.69, 9.17) is 14.2 Å². The van der Waals surface area contributed by atoms with E-state index in [1.165, 1.54) is 9.80 Å². The molecule has 15 nitrogen and oxygen atoms in total. The van der Waals surface area contributed by atoms with Crippen molar-refractivity contribution in [3.8, 4) is 0 Å².